The molecule has 0 bridgehead atoms. The molecule has 1 N–H and O–H groups in total. The van der Waals surface area contributed by atoms with E-state index in [2.05, 4.69) is 50.0 Å². The van der Waals surface area contributed by atoms with Crippen molar-refractivity contribution in [3.63, 3.8) is 0 Å². The Hall–Kier alpha value is -1.24. The highest BCUT2D eigenvalue weighted by molar-refractivity contribution is 5.65. The van der Waals surface area contributed by atoms with E-state index in [0.29, 0.717) is 0 Å². The molecule has 0 amide bonds. The zero-order valence-corrected chi connectivity index (χ0v) is 11.6. The molecule has 0 saturated heterocycles. The molecule has 1 nitrogen and oxygen atoms in total. The molecule has 1 saturated carbocycles. The summed E-state index contributed by atoms with van der Waals surface area (Å²) in [6.07, 6.45) is 6.37. The maximum Gasteiger partial charge on any atom is 0.0446 e. The van der Waals surface area contributed by atoms with E-state index in [1.165, 1.54) is 42.5 Å². The van der Waals surface area contributed by atoms with Crippen molar-refractivity contribution in [3.05, 3.63) is 42.0 Å². The average molecular weight is 241 g/mol. The second-order valence-electron chi connectivity index (χ2n) is 6.43. The van der Waals surface area contributed by atoms with Gasteiger partial charge >= 0.3 is 0 Å². The van der Waals surface area contributed by atoms with Crippen LogP contribution in [0.4, 0.5) is 5.69 Å². The second kappa shape index (κ2) is 3.88. The Balaban J connectivity index is 2.15. The average Bonchev–Trinajstić information content (AvgIpc) is 2.57. The summed E-state index contributed by atoms with van der Waals surface area (Å²) >= 11 is 0. The van der Waals surface area contributed by atoms with Crippen molar-refractivity contribution in [3.8, 4) is 0 Å². The molecule has 0 aromatic heterocycles. The van der Waals surface area contributed by atoms with Gasteiger partial charge in [-0.3, -0.25) is 0 Å². The number of allylic oxidation sites excluding steroid dienone is 1. The lowest BCUT2D eigenvalue weighted by Crippen LogP contribution is -2.52. The zero-order chi connectivity index (χ0) is 12.8. The molecule has 2 aliphatic rings. The number of nitrogens with one attached hydrogen (secondary N) is 1. The first-order valence-electron chi connectivity index (χ1n) is 7.10. The van der Waals surface area contributed by atoms with Crippen LogP contribution in [0.2, 0.25) is 0 Å². The fourth-order valence-electron chi connectivity index (χ4n) is 4.24. The lowest BCUT2D eigenvalue weighted by Gasteiger charge is -2.48. The van der Waals surface area contributed by atoms with Gasteiger partial charge in [-0.15, -0.1) is 6.58 Å². The van der Waals surface area contributed by atoms with Crippen LogP contribution in [0.15, 0.2) is 36.4 Å². The molecule has 1 aromatic rings. The van der Waals surface area contributed by atoms with E-state index < -0.39 is 0 Å². The topological polar surface area (TPSA) is 12.0 Å². The molecule has 2 atom stereocenters. The van der Waals surface area contributed by atoms with Gasteiger partial charge in [-0.2, -0.15) is 0 Å². The summed E-state index contributed by atoms with van der Waals surface area (Å²) in [4.78, 5) is 0. The van der Waals surface area contributed by atoms with Gasteiger partial charge in [-0.25, -0.2) is 0 Å². The third-order valence-electron chi connectivity index (χ3n) is 5.04. The van der Waals surface area contributed by atoms with E-state index in [0.717, 1.165) is 6.42 Å². The lowest BCUT2D eigenvalue weighted by molar-refractivity contribution is 0.192. The molecule has 1 aliphatic carbocycles. The van der Waals surface area contributed by atoms with E-state index in [9.17, 15) is 0 Å². The molecule has 0 radical (unpaired) electrons. The number of para-hydroxylation sites is 1. The van der Waals surface area contributed by atoms with E-state index in [1.807, 2.05) is 0 Å². The molecule has 1 fully saturated rings. The van der Waals surface area contributed by atoms with Crippen LogP contribution >= 0.6 is 0 Å². The van der Waals surface area contributed by atoms with Crippen LogP contribution < -0.4 is 5.32 Å². The van der Waals surface area contributed by atoms with Crippen molar-refractivity contribution in [2.45, 2.75) is 56.9 Å². The molecule has 1 heterocycles. The Labute approximate surface area is 110 Å². The molecule has 0 spiro atoms. The highest BCUT2D eigenvalue weighted by Crippen LogP contribution is 2.57. The Morgan fingerprint density at radius 2 is 2.00 bits per heavy atom. The summed E-state index contributed by atoms with van der Waals surface area (Å²) in [6, 6.07) is 8.88. The maximum absolute atomic E-state index is 4.18. The summed E-state index contributed by atoms with van der Waals surface area (Å²) < 4.78 is 0. The van der Waals surface area contributed by atoms with Crippen LogP contribution in [0.25, 0.3) is 0 Å². The van der Waals surface area contributed by atoms with Crippen LogP contribution in [0.1, 0.15) is 51.5 Å². The van der Waals surface area contributed by atoms with E-state index in [4.69, 9.17) is 0 Å². The summed E-state index contributed by atoms with van der Waals surface area (Å²) in [6.45, 7) is 8.76. The smallest absolute Gasteiger partial charge is 0.0446 e. The van der Waals surface area contributed by atoms with Gasteiger partial charge in [0, 0.05) is 16.6 Å². The van der Waals surface area contributed by atoms with Gasteiger partial charge in [-0.05, 0) is 44.7 Å². The molecule has 1 aromatic carbocycles. The van der Waals surface area contributed by atoms with Crippen molar-refractivity contribution in [1.82, 2.24) is 0 Å². The van der Waals surface area contributed by atoms with Crippen molar-refractivity contribution < 1.29 is 0 Å². The minimum absolute atomic E-state index is 0.216. The molecular weight excluding hydrogens is 218 g/mol. The number of anilines is 1. The minimum atomic E-state index is 0.216. The molecule has 1 heteroatoms. The van der Waals surface area contributed by atoms with Crippen molar-refractivity contribution in [2.75, 3.05) is 5.32 Å². The van der Waals surface area contributed by atoms with Crippen LogP contribution in [0, 0.1) is 0 Å². The minimum Gasteiger partial charge on any atom is -0.379 e. The van der Waals surface area contributed by atoms with Crippen molar-refractivity contribution in [2.24, 2.45) is 0 Å². The molecule has 1 aliphatic heterocycles. The van der Waals surface area contributed by atoms with Crippen LogP contribution in [0.5, 0.6) is 0 Å². The Kier molecular flexibility index (Phi) is 2.55. The number of rotatable bonds is 2. The SMILES string of the molecule is C=C(C)C[C@@]12CCCC[C@]1(C)Nc1ccccc12. The van der Waals surface area contributed by atoms with Crippen molar-refractivity contribution >= 4 is 5.69 Å². The monoisotopic (exact) mass is 241 g/mol. The first-order chi connectivity index (χ1) is 8.57. The summed E-state index contributed by atoms with van der Waals surface area (Å²) in [5, 5.41) is 3.82. The normalized spacial score (nSPS) is 33.4. The fraction of sp³-hybridized carbons (Fsp3) is 0.529. The van der Waals surface area contributed by atoms with Crippen LogP contribution in [0.3, 0.4) is 0 Å². The number of benzene rings is 1. The van der Waals surface area contributed by atoms with Crippen molar-refractivity contribution in [1.29, 1.82) is 0 Å². The van der Waals surface area contributed by atoms with E-state index in [1.54, 1.807) is 0 Å². The van der Waals surface area contributed by atoms with Gasteiger partial charge in [0.15, 0.2) is 0 Å². The Morgan fingerprint density at radius 3 is 2.78 bits per heavy atom. The van der Waals surface area contributed by atoms with Gasteiger partial charge in [-0.1, -0.05) is 36.6 Å². The van der Waals surface area contributed by atoms with Gasteiger partial charge in [0.2, 0.25) is 0 Å². The number of hydrogen-bond donors (Lipinski definition) is 1. The third-order valence-corrected chi connectivity index (χ3v) is 5.04. The largest absolute Gasteiger partial charge is 0.379 e. The lowest BCUT2D eigenvalue weighted by atomic mass is 9.58. The van der Waals surface area contributed by atoms with Gasteiger partial charge in [0.25, 0.3) is 0 Å². The van der Waals surface area contributed by atoms with Crippen LogP contribution in [-0.4, -0.2) is 5.54 Å². The summed E-state index contributed by atoms with van der Waals surface area (Å²) in [5.74, 6) is 0. The van der Waals surface area contributed by atoms with Gasteiger partial charge < -0.3 is 5.32 Å². The predicted octanol–water partition coefficient (Wildman–Crippen LogP) is 4.65. The van der Waals surface area contributed by atoms with Gasteiger partial charge in [0.1, 0.15) is 0 Å². The second-order valence-corrected chi connectivity index (χ2v) is 6.43. The molecule has 96 valence electrons. The summed E-state index contributed by atoms with van der Waals surface area (Å²) in [7, 11) is 0. The Bertz CT molecular complexity index is 490. The number of hydrogen-bond acceptors (Lipinski definition) is 1. The molecular formula is C17H23N. The highest BCUT2D eigenvalue weighted by atomic mass is 15.0. The van der Waals surface area contributed by atoms with E-state index in [-0.39, 0.29) is 11.0 Å². The molecule has 18 heavy (non-hydrogen) atoms. The highest BCUT2D eigenvalue weighted by Gasteiger charge is 2.55. The summed E-state index contributed by atoms with van der Waals surface area (Å²) in [5.41, 5.74) is 4.67. The van der Waals surface area contributed by atoms with E-state index >= 15 is 0 Å². The standard InChI is InChI=1S/C17H23N/c1-13(2)12-17-11-7-6-10-16(17,3)18-15-9-5-4-8-14(15)17/h4-5,8-9,18H,1,6-7,10-12H2,2-3H3/t16-,17+/m0/s1. The third kappa shape index (κ3) is 1.46. The first kappa shape index (κ1) is 11.8. The first-order valence-corrected chi connectivity index (χ1v) is 7.10. The quantitative estimate of drug-likeness (QED) is 0.743. The molecule has 3 rings (SSSR count). The fourth-order valence-corrected chi connectivity index (χ4v) is 4.24. The maximum atomic E-state index is 4.18. The number of fused-ring (bicyclic) bond motifs is 3. The zero-order valence-electron chi connectivity index (χ0n) is 11.6. The predicted molar refractivity (Wildman–Crippen MR) is 78.0 cm³/mol. The van der Waals surface area contributed by atoms with Gasteiger partial charge in [0.05, 0.1) is 0 Å². The van der Waals surface area contributed by atoms with Crippen LogP contribution in [-0.2, 0) is 5.41 Å². The molecule has 0 unspecified atom stereocenters. The Morgan fingerprint density at radius 1 is 1.28 bits per heavy atom.